The third kappa shape index (κ3) is 5.78. The fourth-order valence-corrected chi connectivity index (χ4v) is 1.96. The predicted molar refractivity (Wildman–Crippen MR) is 78.8 cm³/mol. The first-order chi connectivity index (χ1) is 6.85. The van der Waals surface area contributed by atoms with Gasteiger partial charge in [0.15, 0.2) is 0 Å². The summed E-state index contributed by atoms with van der Waals surface area (Å²) in [5, 5.41) is -0.345. The summed E-state index contributed by atoms with van der Waals surface area (Å²) in [4.78, 5) is -0.663. The summed E-state index contributed by atoms with van der Waals surface area (Å²) in [7, 11) is 0. The highest BCUT2D eigenvalue weighted by Gasteiger charge is 2.24. The molecule has 0 bridgehead atoms. The van der Waals surface area contributed by atoms with Crippen molar-refractivity contribution in [1.82, 2.24) is 0 Å². The lowest BCUT2D eigenvalue weighted by atomic mass is 10.1. The Bertz CT molecular complexity index is 270. The molecule has 0 N–H and O–H groups in total. The molecule has 0 spiro atoms. The maximum atomic E-state index is 6.10. The first-order valence-electron chi connectivity index (χ1n) is 4.08. The molecule has 0 fully saturated rings. The molecule has 15 heavy (non-hydrogen) atoms. The van der Waals surface area contributed by atoms with Crippen molar-refractivity contribution in [2.24, 2.45) is 0 Å². The highest BCUT2D eigenvalue weighted by atomic mass is 79.9. The van der Waals surface area contributed by atoms with Gasteiger partial charge >= 0.3 is 0 Å². The van der Waals surface area contributed by atoms with Crippen LogP contribution in [0.4, 0.5) is 0 Å². The lowest BCUT2D eigenvalue weighted by molar-refractivity contribution is 0.801. The number of rotatable bonds is 5. The maximum Gasteiger partial charge on any atom is 0.0954 e. The molecule has 5 heteroatoms. The minimum atomic E-state index is -0.663. The fourth-order valence-electron chi connectivity index (χ4n) is 0.653. The Hall–Kier alpha value is 1.05. The molecule has 0 saturated heterocycles. The smallest absolute Gasteiger partial charge is 0.0954 e. The van der Waals surface area contributed by atoms with E-state index in [-0.39, 0.29) is 9.11 Å². The second-order valence-electron chi connectivity index (χ2n) is 3.03. The molecular weight excluding hydrogens is 386 g/mol. The van der Waals surface area contributed by atoms with E-state index in [1.54, 1.807) is 19.1 Å². The first-order valence-corrected chi connectivity index (χ1v) is 7.16. The van der Waals surface area contributed by atoms with Gasteiger partial charge in [0.25, 0.3) is 0 Å². The summed E-state index contributed by atoms with van der Waals surface area (Å²) < 4.78 is -0.00655. The monoisotopic (exact) mass is 394 g/mol. The molecule has 0 radical (unpaired) electrons. The van der Waals surface area contributed by atoms with Crippen molar-refractivity contribution in [3.63, 3.8) is 0 Å². The minimum Gasteiger partial charge on any atom is -0.116 e. The van der Waals surface area contributed by atoms with Gasteiger partial charge in [0, 0.05) is 5.54 Å². The Balaban J connectivity index is 4.60. The van der Waals surface area contributed by atoms with Crippen LogP contribution in [0.25, 0.3) is 0 Å². The van der Waals surface area contributed by atoms with Crippen LogP contribution >= 0.6 is 66.7 Å². The Labute approximate surface area is 123 Å². The molecule has 0 saturated carbocycles. The van der Waals surface area contributed by atoms with E-state index in [1.807, 2.05) is 6.08 Å². The molecule has 0 aromatic heterocycles. The zero-order valence-electron chi connectivity index (χ0n) is 8.06. The topological polar surface area (TPSA) is 0 Å². The van der Waals surface area contributed by atoms with Crippen LogP contribution in [0.15, 0.2) is 35.9 Å². The normalized spacial score (nSPS) is 19.3. The standard InChI is InChI=1S/C10H11Br2Cl3/c1-3-10(2,15)8(14)5-4-7(6-13)9(11)12/h3-6,8-9H,1H2,2H3/b5-4+,7-6-/t8-,10+/m0/s1. The van der Waals surface area contributed by atoms with Gasteiger partial charge in [-0.1, -0.05) is 61.7 Å². The second-order valence-corrected chi connectivity index (χ2v) is 7.59. The van der Waals surface area contributed by atoms with Gasteiger partial charge < -0.3 is 0 Å². The SMILES string of the molecule is C=C[C@@](C)(Cl)[C@@H](Cl)/C=C/C(=C/Cl)C(Br)Br. The molecule has 0 amide bonds. The maximum absolute atomic E-state index is 6.10. The van der Waals surface area contributed by atoms with E-state index in [9.17, 15) is 0 Å². The van der Waals surface area contributed by atoms with E-state index in [0.717, 1.165) is 5.57 Å². The average Bonchev–Trinajstić information content (AvgIpc) is 2.17. The number of allylic oxidation sites excluding steroid dienone is 4. The number of hydrogen-bond donors (Lipinski definition) is 0. The molecule has 0 aliphatic heterocycles. The Morgan fingerprint density at radius 1 is 1.47 bits per heavy atom. The summed E-state index contributed by atoms with van der Waals surface area (Å²) in [6.07, 6.45) is 5.20. The van der Waals surface area contributed by atoms with Crippen LogP contribution in [0, 0.1) is 0 Å². The van der Waals surface area contributed by atoms with Crippen LogP contribution < -0.4 is 0 Å². The first kappa shape index (κ1) is 16.1. The third-order valence-electron chi connectivity index (χ3n) is 1.77. The molecule has 0 rings (SSSR count). The van der Waals surface area contributed by atoms with Crippen LogP contribution in [0.5, 0.6) is 0 Å². The van der Waals surface area contributed by atoms with Gasteiger partial charge in [-0.05, 0) is 12.5 Å². The van der Waals surface area contributed by atoms with Crippen molar-refractivity contribution in [3.8, 4) is 0 Å². The molecule has 0 aliphatic carbocycles. The van der Waals surface area contributed by atoms with E-state index in [4.69, 9.17) is 34.8 Å². The molecule has 0 nitrogen and oxygen atoms in total. The fraction of sp³-hybridized carbons (Fsp3) is 0.400. The van der Waals surface area contributed by atoms with Gasteiger partial charge in [0.05, 0.1) is 14.0 Å². The van der Waals surface area contributed by atoms with Gasteiger partial charge in [0.1, 0.15) is 0 Å². The molecule has 2 atom stereocenters. The van der Waals surface area contributed by atoms with Crippen LogP contribution in [0.1, 0.15) is 6.92 Å². The zero-order chi connectivity index (χ0) is 12.1. The van der Waals surface area contributed by atoms with Crippen molar-refractivity contribution in [2.45, 2.75) is 20.9 Å². The van der Waals surface area contributed by atoms with Crippen molar-refractivity contribution < 1.29 is 0 Å². The molecule has 0 unspecified atom stereocenters. The van der Waals surface area contributed by atoms with E-state index >= 15 is 0 Å². The summed E-state index contributed by atoms with van der Waals surface area (Å²) in [5.74, 6) is 0. The Morgan fingerprint density at radius 2 is 2.00 bits per heavy atom. The van der Waals surface area contributed by atoms with Gasteiger partial charge in [-0.3, -0.25) is 0 Å². The van der Waals surface area contributed by atoms with Gasteiger partial charge in [-0.15, -0.1) is 29.8 Å². The van der Waals surface area contributed by atoms with Gasteiger partial charge in [-0.25, -0.2) is 0 Å². The quantitative estimate of drug-likeness (QED) is 0.323. The average molecular weight is 397 g/mol. The lowest BCUT2D eigenvalue weighted by Gasteiger charge is -2.20. The lowest BCUT2D eigenvalue weighted by Crippen LogP contribution is -2.24. The van der Waals surface area contributed by atoms with Crippen molar-refractivity contribution in [2.75, 3.05) is 0 Å². The van der Waals surface area contributed by atoms with Crippen molar-refractivity contribution in [1.29, 1.82) is 0 Å². The molecule has 0 aliphatic rings. The predicted octanol–water partition coefficient (Wildman–Crippen LogP) is 5.57. The largest absolute Gasteiger partial charge is 0.116 e. The van der Waals surface area contributed by atoms with E-state index in [1.165, 1.54) is 5.54 Å². The van der Waals surface area contributed by atoms with Crippen LogP contribution in [-0.4, -0.2) is 14.0 Å². The second kappa shape index (κ2) is 7.39. The Morgan fingerprint density at radius 3 is 2.33 bits per heavy atom. The van der Waals surface area contributed by atoms with E-state index in [0.29, 0.717) is 0 Å². The van der Waals surface area contributed by atoms with Crippen molar-refractivity contribution >= 4 is 66.7 Å². The van der Waals surface area contributed by atoms with E-state index < -0.39 is 4.87 Å². The minimum absolute atomic E-state index is 0.00655. The number of halogens is 5. The number of alkyl halides is 4. The van der Waals surface area contributed by atoms with Gasteiger partial charge in [-0.2, -0.15) is 0 Å². The van der Waals surface area contributed by atoms with Gasteiger partial charge in [0.2, 0.25) is 0 Å². The number of hydrogen-bond acceptors (Lipinski definition) is 0. The van der Waals surface area contributed by atoms with Crippen LogP contribution in [-0.2, 0) is 0 Å². The molecule has 86 valence electrons. The van der Waals surface area contributed by atoms with E-state index in [2.05, 4.69) is 38.4 Å². The molecule has 0 aromatic rings. The third-order valence-corrected chi connectivity index (χ3v) is 4.18. The highest BCUT2D eigenvalue weighted by Crippen LogP contribution is 2.28. The molecule has 0 aromatic carbocycles. The summed E-state index contributed by atoms with van der Waals surface area (Å²) in [6.45, 7) is 5.43. The summed E-state index contributed by atoms with van der Waals surface area (Å²) in [5.41, 5.74) is 2.33. The highest BCUT2D eigenvalue weighted by molar-refractivity contribution is 9.24. The van der Waals surface area contributed by atoms with Crippen molar-refractivity contribution in [3.05, 3.63) is 35.9 Å². The Kier molecular flexibility index (Phi) is 7.91. The van der Waals surface area contributed by atoms with Crippen LogP contribution in [0.3, 0.4) is 0 Å². The molecular formula is C10H11Br2Cl3. The molecule has 0 heterocycles. The zero-order valence-corrected chi connectivity index (χ0v) is 13.5. The van der Waals surface area contributed by atoms with Crippen LogP contribution in [0.2, 0.25) is 0 Å². The summed E-state index contributed by atoms with van der Waals surface area (Å²) in [6, 6.07) is 0. The summed E-state index contributed by atoms with van der Waals surface area (Å²) >= 11 is 24.5.